The summed E-state index contributed by atoms with van der Waals surface area (Å²) < 4.78 is 0. The molecule has 0 aliphatic rings. The molecule has 0 saturated carbocycles. The predicted molar refractivity (Wildman–Crippen MR) is 54.8 cm³/mol. The largest absolute Gasteiger partial charge is 0.478 e. The molecule has 0 aromatic heterocycles. The Hall–Kier alpha value is -0.870. The molecule has 0 aliphatic carbocycles. The highest BCUT2D eigenvalue weighted by atomic mass is 16.6. The van der Waals surface area contributed by atoms with Gasteiger partial charge in [0, 0.05) is 12.1 Å². The smallest absolute Gasteiger partial charge is 0.331 e. The summed E-state index contributed by atoms with van der Waals surface area (Å²) >= 11 is 0. The SMILES string of the molecule is CCC(=CCNOCC(C)C)C(=O)O. The van der Waals surface area contributed by atoms with Crippen LogP contribution >= 0.6 is 0 Å². The number of hydrogen-bond acceptors (Lipinski definition) is 3. The Labute approximate surface area is 84.9 Å². The van der Waals surface area contributed by atoms with Crippen LogP contribution in [0.3, 0.4) is 0 Å². The van der Waals surface area contributed by atoms with E-state index in [1.807, 2.05) is 20.8 Å². The lowest BCUT2D eigenvalue weighted by Crippen LogP contribution is -2.18. The van der Waals surface area contributed by atoms with Gasteiger partial charge in [-0.2, -0.15) is 5.48 Å². The van der Waals surface area contributed by atoms with Crippen molar-refractivity contribution in [1.82, 2.24) is 5.48 Å². The molecule has 0 amide bonds. The zero-order valence-corrected chi connectivity index (χ0v) is 9.04. The van der Waals surface area contributed by atoms with E-state index in [0.29, 0.717) is 31.1 Å². The van der Waals surface area contributed by atoms with E-state index in [2.05, 4.69) is 5.48 Å². The summed E-state index contributed by atoms with van der Waals surface area (Å²) in [6.45, 7) is 6.97. The molecule has 0 aromatic rings. The van der Waals surface area contributed by atoms with Crippen LogP contribution in [0.5, 0.6) is 0 Å². The third-order valence-corrected chi connectivity index (χ3v) is 1.61. The van der Waals surface area contributed by atoms with Crippen molar-refractivity contribution in [2.75, 3.05) is 13.2 Å². The summed E-state index contributed by atoms with van der Waals surface area (Å²) in [5.41, 5.74) is 3.10. The highest BCUT2D eigenvalue weighted by Crippen LogP contribution is 1.98. The van der Waals surface area contributed by atoms with Gasteiger partial charge in [0.15, 0.2) is 0 Å². The third kappa shape index (κ3) is 6.62. The van der Waals surface area contributed by atoms with Gasteiger partial charge in [0.1, 0.15) is 0 Å². The molecule has 0 spiro atoms. The van der Waals surface area contributed by atoms with Gasteiger partial charge in [-0.1, -0.05) is 26.8 Å². The lowest BCUT2D eigenvalue weighted by Gasteiger charge is -2.06. The zero-order valence-electron chi connectivity index (χ0n) is 9.04. The molecule has 0 aromatic carbocycles. The monoisotopic (exact) mass is 201 g/mol. The minimum absolute atomic E-state index is 0.408. The standard InChI is InChI=1S/C10H19NO3/c1-4-9(10(12)13)5-6-11-14-7-8(2)3/h5,8,11H,4,6-7H2,1-3H3,(H,12,13). The molecule has 14 heavy (non-hydrogen) atoms. The first-order valence-corrected chi connectivity index (χ1v) is 4.84. The fourth-order valence-electron chi connectivity index (χ4n) is 0.832. The summed E-state index contributed by atoms with van der Waals surface area (Å²) in [5, 5.41) is 8.68. The van der Waals surface area contributed by atoms with E-state index in [9.17, 15) is 4.79 Å². The number of carbonyl (C=O) groups is 1. The van der Waals surface area contributed by atoms with Crippen molar-refractivity contribution >= 4 is 5.97 Å². The minimum Gasteiger partial charge on any atom is -0.478 e. The molecule has 0 atom stereocenters. The number of rotatable bonds is 7. The Morgan fingerprint density at radius 3 is 2.64 bits per heavy atom. The van der Waals surface area contributed by atoms with Gasteiger partial charge in [-0.05, 0) is 12.3 Å². The van der Waals surface area contributed by atoms with Crippen LogP contribution in [0.15, 0.2) is 11.6 Å². The Bertz CT molecular complexity index is 200. The Kier molecular flexibility index (Phi) is 7.06. The molecule has 4 heteroatoms. The van der Waals surface area contributed by atoms with Crippen molar-refractivity contribution in [3.8, 4) is 0 Å². The van der Waals surface area contributed by atoms with Gasteiger partial charge < -0.3 is 9.94 Å². The Morgan fingerprint density at radius 1 is 1.57 bits per heavy atom. The number of aliphatic carboxylic acids is 1. The maximum atomic E-state index is 10.6. The van der Waals surface area contributed by atoms with Crippen LogP contribution < -0.4 is 5.48 Å². The van der Waals surface area contributed by atoms with Gasteiger partial charge in [0.25, 0.3) is 0 Å². The van der Waals surface area contributed by atoms with Crippen molar-refractivity contribution in [2.45, 2.75) is 27.2 Å². The Morgan fingerprint density at radius 2 is 2.21 bits per heavy atom. The van der Waals surface area contributed by atoms with Crippen molar-refractivity contribution in [1.29, 1.82) is 0 Å². The van der Waals surface area contributed by atoms with Gasteiger partial charge in [-0.3, -0.25) is 0 Å². The normalized spacial score (nSPS) is 12.1. The van der Waals surface area contributed by atoms with Crippen LogP contribution in [-0.2, 0) is 9.63 Å². The number of carboxylic acids is 1. The highest BCUT2D eigenvalue weighted by Gasteiger charge is 2.02. The van der Waals surface area contributed by atoms with Crippen molar-refractivity contribution in [3.63, 3.8) is 0 Å². The van der Waals surface area contributed by atoms with E-state index >= 15 is 0 Å². The first kappa shape index (κ1) is 13.1. The molecule has 0 unspecified atom stereocenters. The number of carboxylic acid groups (broad SMARTS) is 1. The summed E-state index contributed by atoms with van der Waals surface area (Å²) in [5.74, 6) is -0.394. The molecule has 0 radical (unpaired) electrons. The first-order valence-electron chi connectivity index (χ1n) is 4.84. The second-order valence-corrected chi connectivity index (χ2v) is 3.44. The van der Waals surface area contributed by atoms with Gasteiger partial charge in [-0.25, -0.2) is 4.79 Å². The average molecular weight is 201 g/mol. The molecule has 0 fully saturated rings. The molecule has 0 rings (SSSR count). The molecule has 0 heterocycles. The zero-order chi connectivity index (χ0) is 11.0. The summed E-state index contributed by atoms with van der Waals surface area (Å²) in [7, 11) is 0. The van der Waals surface area contributed by atoms with Crippen molar-refractivity contribution < 1.29 is 14.7 Å². The Balaban J connectivity index is 3.64. The minimum atomic E-state index is -0.863. The van der Waals surface area contributed by atoms with Gasteiger partial charge in [0.2, 0.25) is 0 Å². The van der Waals surface area contributed by atoms with Crippen LogP contribution in [0.2, 0.25) is 0 Å². The van der Waals surface area contributed by atoms with E-state index < -0.39 is 5.97 Å². The second-order valence-electron chi connectivity index (χ2n) is 3.44. The van der Waals surface area contributed by atoms with Crippen LogP contribution in [0.4, 0.5) is 0 Å². The second kappa shape index (κ2) is 7.53. The maximum Gasteiger partial charge on any atom is 0.331 e. The number of hydroxylamine groups is 1. The maximum absolute atomic E-state index is 10.6. The molecule has 4 nitrogen and oxygen atoms in total. The van der Waals surface area contributed by atoms with Gasteiger partial charge in [0.05, 0.1) is 6.61 Å². The van der Waals surface area contributed by atoms with Crippen LogP contribution in [-0.4, -0.2) is 24.2 Å². The van der Waals surface area contributed by atoms with Crippen LogP contribution in [0.25, 0.3) is 0 Å². The summed E-state index contributed by atoms with van der Waals surface area (Å²) in [6.07, 6.45) is 2.16. The quantitative estimate of drug-likeness (QED) is 0.373. The van der Waals surface area contributed by atoms with Crippen molar-refractivity contribution in [3.05, 3.63) is 11.6 Å². The molecule has 82 valence electrons. The van der Waals surface area contributed by atoms with E-state index in [4.69, 9.17) is 9.94 Å². The predicted octanol–water partition coefficient (Wildman–Crippen LogP) is 1.58. The van der Waals surface area contributed by atoms with E-state index in [1.165, 1.54) is 0 Å². The van der Waals surface area contributed by atoms with Crippen molar-refractivity contribution in [2.24, 2.45) is 5.92 Å². The molecule has 0 aliphatic heterocycles. The molecule has 0 saturated heterocycles. The molecule has 2 N–H and O–H groups in total. The van der Waals surface area contributed by atoms with E-state index in [0.717, 1.165) is 0 Å². The van der Waals surface area contributed by atoms with Crippen LogP contribution in [0.1, 0.15) is 27.2 Å². The summed E-state index contributed by atoms with van der Waals surface area (Å²) in [4.78, 5) is 15.6. The van der Waals surface area contributed by atoms with Crippen LogP contribution in [0, 0.1) is 5.92 Å². The lowest BCUT2D eigenvalue weighted by molar-refractivity contribution is -0.132. The first-order chi connectivity index (χ1) is 6.57. The lowest BCUT2D eigenvalue weighted by atomic mass is 10.2. The molecular weight excluding hydrogens is 182 g/mol. The highest BCUT2D eigenvalue weighted by molar-refractivity contribution is 5.86. The average Bonchev–Trinajstić information content (AvgIpc) is 2.10. The fourth-order valence-corrected chi connectivity index (χ4v) is 0.832. The molecule has 0 bridgehead atoms. The third-order valence-electron chi connectivity index (χ3n) is 1.61. The van der Waals surface area contributed by atoms with Gasteiger partial charge >= 0.3 is 5.97 Å². The number of hydrogen-bond donors (Lipinski definition) is 2. The fraction of sp³-hybridized carbons (Fsp3) is 0.700. The number of nitrogens with one attached hydrogen (secondary N) is 1. The van der Waals surface area contributed by atoms with Gasteiger partial charge in [-0.15, -0.1) is 0 Å². The molecular formula is C10H19NO3. The van der Waals surface area contributed by atoms with E-state index in [-0.39, 0.29) is 0 Å². The topological polar surface area (TPSA) is 58.6 Å². The summed E-state index contributed by atoms with van der Waals surface area (Å²) in [6, 6.07) is 0. The van der Waals surface area contributed by atoms with E-state index in [1.54, 1.807) is 6.08 Å².